The van der Waals surface area contributed by atoms with Crippen LogP contribution in [0.25, 0.3) is 0 Å². The smallest absolute Gasteiger partial charge is 0.399 e. The van der Waals surface area contributed by atoms with Gasteiger partial charge in [-0.05, 0) is 33.8 Å². The van der Waals surface area contributed by atoms with Gasteiger partial charge in [0.2, 0.25) is 0 Å². The van der Waals surface area contributed by atoms with Crippen molar-refractivity contribution >= 4 is 35.6 Å². The van der Waals surface area contributed by atoms with Crippen molar-refractivity contribution in [1.82, 2.24) is 0 Å². The number of rotatable bonds is 2. The Morgan fingerprint density at radius 1 is 1.18 bits per heavy atom. The Morgan fingerprint density at radius 3 is 2.12 bits per heavy atom. The molecule has 2 N–H and O–H groups in total. The highest BCUT2D eigenvalue weighted by Crippen LogP contribution is 2.36. The maximum atomic E-state index is 5.96. The van der Waals surface area contributed by atoms with Gasteiger partial charge in [-0.15, -0.1) is 23.7 Å². The zero-order valence-electron chi connectivity index (χ0n) is 10.6. The fraction of sp³-hybridized carbons (Fsp3) is 0.636. The quantitative estimate of drug-likeness (QED) is 0.839. The zero-order chi connectivity index (χ0) is 12.0. The van der Waals surface area contributed by atoms with E-state index >= 15 is 0 Å². The van der Waals surface area contributed by atoms with Crippen LogP contribution in [-0.2, 0) is 15.9 Å². The average molecular weight is 276 g/mol. The van der Waals surface area contributed by atoms with Gasteiger partial charge in [0.15, 0.2) is 0 Å². The highest BCUT2D eigenvalue weighted by molar-refractivity contribution is 7.22. The van der Waals surface area contributed by atoms with Crippen LogP contribution in [0.2, 0.25) is 0 Å². The van der Waals surface area contributed by atoms with Gasteiger partial charge in [0.1, 0.15) is 0 Å². The van der Waals surface area contributed by atoms with E-state index in [2.05, 4.69) is 27.7 Å². The molecule has 1 aromatic rings. The zero-order valence-corrected chi connectivity index (χ0v) is 12.3. The van der Waals surface area contributed by atoms with Crippen LogP contribution in [0.4, 0.5) is 0 Å². The minimum absolute atomic E-state index is 0. The third-order valence-electron chi connectivity index (χ3n) is 3.37. The van der Waals surface area contributed by atoms with Gasteiger partial charge in [0, 0.05) is 16.2 Å². The molecule has 2 rings (SSSR count). The topological polar surface area (TPSA) is 44.5 Å². The molecule has 0 unspecified atom stereocenters. The first kappa shape index (κ1) is 15.0. The summed E-state index contributed by atoms with van der Waals surface area (Å²) in [5, 5.41) is 0. The fourth-order valence-electron chi connectivity index (χ4n) is 1.59. The van der Waals surface area contributed by atoms with Crippen LogP contribution in [0.1, 0.15) is 32.6 Å². The summed E-state index contributed by atoms with van der Waals surface area (Å²) in [7, 11) is -0.254. The van der Waals surface area contributed by atoms with Crippen molar-refractivity contribution in [2.24, 2.45) is 5.73 Å². The van der Waals surface area contributed by atoms with E-state index in [1.807, 2.05) is 12.1 Å². The number of hydrogen-bond donors (Lipinski definition) is 1. The summed E-state index contributed by atoms with van der Waals surface area (Å²) in [6.45, 7) is 8.81. The molecular weight excluding hydrogens is 256 g/mol. The first-order valence-electron chi connectivity index (χ1n) is 5.50. The van der Waals surface area contributed by atoms with Crippen molar-refractivity contribution in [3.8, 4) is 0 Å². The molecule has 17 heavy (non-hydrogen) atoms. The molecule has 1 fully saturated rings. The Labute approximate surface area is 113 Å². The molecule has 0 aliphatic carbocycles. The van der Waals surface area contributed by atoms with Gasteiger partial charge in [0.25, 0.3) is 0 Å². The van der Waals surface area contributed by atoms with E-state index in [-0.39, 0.29) is 30.7 Å². The summed E-state index contributed by atoms with van der Waals surface area (Å²) < 4.78 is 13.0. The van der Waals surface area contributed by atoms with Crippen molar-refractivity contribution in [1.29, 1.82) is 0 Å². The van der Waals surface area contributed by atoms with Gasteiger partial charge < -0.3 is 15.0 Å². The second kappa shape index (κ2) is 4.90. The molecule has 1 aliphatic heterocycles. The summed E-state index contributed by atoms with van der Waals surface area (Å²) in [6.07, 6.45) is 0. The predicted molar refractivity (Wildman–Crippen MR) is 75.2 cm³/mol. The van der Waals surface area contributed by atoms with Gasteiger partial charge in [0.05, 0.1) is 11.2 Å². The second-order valence-electron chi connectivity index (χ2n) is 5.10. The van der Waals surface area contributed by atoms with Crippen molar-refractivity contribution < 1.29 is 9.31 Å². The Kier molecular flexibility index (Phi) is 4.32. The van der Waals surface area contributed by atoms with Crippen LogP contribution in [-0.4, -0.2) is 18.3 Å². The maximum Gasteiger partial charge on any atom is 0.505 e. The highest BCUT2D eigenvalue weighted by Gasteiger charge is 2.52. The second-order valence-corrected chi connectivity index (χ2v) is 6.30. The third-order valence-corrected chi connectivity index (χ3v) is 4.50. The van der Waals surface area contributed by atoms with Gasteiger partial charge in [-0.2, -0.15) is 0 Å². The molecule has 0 spiro atoms. The van der Waals surface area contributed by atoms with Crippen molar-refractivity contribution in [2.45, 2.75) is 45.4 Å². The first-order valence-corrected chi connectivity index (χ1v) is 6.32. The normalized spacial score (nSPS) is 21.4. The van der Waals surface area contributed by atoms with Crippen LogP contribution in [0, 0.1) is 0 Å². The Morgan fingerprint density at radius 2 is 1.71 bits per heavy atom. The van der Waals surface area contributed by atoms with Gasteiger partial charge in [-0.3, -0.25) is 0 Å². The molecular formula is C11H19BClNO2S. The molecule has 0 bridgehead atoms. The molecule has 0 radical (unpaired) electrons. The Hall–Kier alpha value is -0.0651. The third kappa shape index (κ3) is 2.69. The van der Waals surface area contributed by atoms with E-state index in [1.54, 1.807) is 11.3 Å². The van der Waals surface area contributed by atoms with E-state index < -0.39 is 0 Å². The molecule has 6 heteroatoms. The minimum Gasteiger partial charge on any atom is -0.399 e. The van der Waals surface area contributed by atoms with E-state index in [0.29, 0.717) is 6.54 Å². The Bertz CT molecular complexity index is 379. The van der Waals surface area contributed by atoms with Crippen LogP contribution in [0.5, 0.6) is 0 Å². The number of nitrogens with two attached hydrogens (primary N) is 1. The molecule has 0 amide bonds. The molecule has 0 atom stereocenters. The molecule has 1 aromatic heterocycles. The SMILES string of the molecule is CC1(C)OB(c2ccc(CN)s2)OC1(C)C.Cl. The van der Waals surface area contributed by atoms with E-state index in [9.17, 15) is 0 Å². The monoisotopic (exact) mass is 275 g/mol. The summed E-state index contributed by atoms with van der Waals surface area (Å²) in [5.41, 5.74) is 5.05. The lowest BCUT2D eigenvalue weighted by Gasteiger charge is -2.32. The summed E-state index contributed by atoms with van der Waals surface area (Å²) in [6, 6.07) is 4.07. The molecule has 0 saturated carbocycles. The lowest BCUT2D eigenvalue weighted by atomic mass is 9.88. The van der Waals surface area contributed by atoms with Gasteiger partial charge >= 0.3 is 7.12 Å². The number of hydrogen-bond acceptors (Lipinski definition) is 4. The summed E-state index contributed by atoms with van der Waals surface area (Å²) in [5.74, 6) is 0. The first-order chi connectivity index (χ1) is 7.36. The van der Waals surface area contributed by atoms with Crippen molar-refractivity contribution in [3.63, 3.8) is 0 Å². The number of thiophene rings is 1. The number of halogens is 1. The molecule has 1 aliphatic rings. The minimum atomic E-state index is -0.273. The van der Waals surface area contributed by atoms with Crippen LogP contribution < -0.4 is 10.5 Å². The predicted octanol–water partition coefficient (Wildman–Crippen LogP) is 1.93. The van der Waals surface area contributed by atoms with Gasteiger partial charge in [-0.25, -0.2) is 0 Å². The highest BCUT2D eigenvalue weighted by atomic mass is 35.5. The van der Waals surface area contributed by atoms with Crippen LogP contribution in [0.3, 0.4) is 0 Å². The summed E-state index contributed by atoms with van der Waals surface area (Å²) >= 11 is 1.66. The van der Waals surface area contributed by atoms with Crippen LogP contribution >= 0.6 is 23.7 Å². The molecule has 96 valence electrons. The molecule has 3 nitrogen and oxygen atoms in total. The summed E-state index contributed by atoms with van der Waals surface area (Å²) in [4.78, 5) is 1.16. The average Bonchev–Trinajstić information content (AvgIpc) is 2.70. The van der Waals surface area contributed by atoms with E-state index in [4.69, 9.17) is 15.0 Å². The Balaban J connectivity index is 0.00000144. The van der Waals surface area contributed by atoms with Crippen molar-refractivity contribution in [3.05, 3.63) is 17.0 Å². The largest absolute Gasteiger partial charge is 0.505 e. The van der Waals surface area contributed by atoms with E-state index in [0.717, 1.165) is 9.65 Å². The lowest BCUT2D eigenvalue weighted by molar-refractivity contribution is 0.00578. The van der Waals surface area contributed by atoms with E-state index in [1.165, 1.54) is 0 Å². The lowest BCUT2D eigenvalue weighted by Crippen LogP contribution is -2.41. The van der Waals surface area contributed by atoms with Gasteiger partial charge in [-0.1, -0.05) is 6.07 Å². The molecule has 2 heterocycles. The molecule has 1 saturated heterocycles. The fourth-order valence-corrected chi connectivity index (χ4v) is 2.44. The van der Waals surface area contributed by atoms with Crippen LogP contribution in [0.15, 0.2) is 12.1 Å². The maximum absolute atomic E-state index is 5.96. The molecule has 0 aromatic carbocycles. The van der Waals surface area contributed by atoms with Crippen molar-refractivity contribution in [2.75, 3.05) is 0 Å². The standard InChI is InChI=1S/C11H18BNO2S.ClH/c1-10(2)11(3,4)15-12(14-10)9-6-5-8(7-13)16-9;/h5-6H,7,13H2,1-4H3;1H.